The van der Waals surface area contributed by atoms with Gasteiger partial charge in [-0.2, -0.15) is 5.10 Å². The first-order valence-electron chi connectivity index (χ1n) is 9.11. The van der Waals surface area contributed by atoms with Crippen molar-refractivity contribution in [2.24, 2.45) is 0 Å². The van der Waals surface area contributed by atoms with Crippen molar-refractivity contribution < 1.29 is 19.4 Å². The average Bonchev–Trinajstić information content (AvgIpc) is 3.11. The summed E-state index contributed by atoms with van der Waals surface area (Å²) in [6.45, 7) is 3.65. The first kappa shape index (κ1) is 20.9. The number of hydrogen-bond acceptors (Lipinski definition) is 4. The van der Waals surface area contributed by atoms with Crippen LogP contribution in [0.25, 0.3) is 11.3 Å². The van der Waals surface area contributed by atoms with Crippen LogP contribution in [0.1, 0.15) is 25.1 Å². The van der Waals surface area contributed by atoms with Gasteiger partial charge >= 0.3 is 5.97 Å². The highest BCUT2D eigenvalue weighted by atomic mass is 35.5. The van der Waals surface area contributed by atoms with Crippen molar-refractivity contribution >= 4 is 17.6 Å². The van der Waals surface area contributed by atoms with Gasteiger partial charge in [-0.05, 0) is 49.7 Å². The number of aliphatic carboxylic acids is 1. The Kier molecular flexibility index (Phi) is 6.25. The lowest BCUT2D eigenvalue weighted by atomic mass is 10.1. The van der Waals surface area contributed by atoms with Gasteiger partial charge in [0.15, 0.2) is 5.60 Å². The van der Waals surface area contributed by atoms with Crippen molar-refractivity contribution in [1.82, 2.24) is 9.78 Å². The molecule has 152 valence electrons. The maximum Gasteiger partial charge on any atom is 0.335 e. The van der Waals surface area contributed by atoms with Gasteiger partial charge in [-0.3, -0.25) is 4.68 Å². The molecule has 0 radical (unpaired) electrons. The molecular weight excluding hydrogens is 392 g/mol. The fraction of sp³-hybridized carbons (Fsp3) is 0.273. The Bertz CT molecular complexity index is 996. The van der Waals surface area contributed by atoms with E-state index >= 15 is 0 Å². The van der Waals surface area contributed by atoms with Crippen molar-refractivity contribution in [3.8, 4) is 17.0 Å². The molecule has 0 fully saturated rings. The van der Waals surface area contributed by atoms with Crippen LogP contribution in [0.3, 0.4) is 0 Å². The maximum atomic E-state index is 11.3. The van der Waals surface area contributed by atoms with E-state index in [0.717, 1.165) is 22.6 Å². The highest BCUT2D eigenvalue weighted by molar-refractivity contribution is 6.30. The fourth-order valence-corrected chi connectivity index (χ4v) is 2.88. The van der Waals surface area contributed by atoms with Crippen LogP contribution >= 0.6 is 11.6 Å². The van der Waals surface area contributed by atoms with Crippen LogP contribution in [-0.4, -0.2) is 33.6 Å². The first-order valence-corrected chi connectivity index (χ1v) is 9.49. The predicted octanol–water partition coefficient (Wildman–Crippen LogP) is 4.64. The highest BCUT2D eigenvalue weighted by Gasteiger charge is 2.28. The molecule has 0 aliphatic heterocycles. The number of halogens is 1. The van der Waals surface area contributed by atoms with Gasteiger partial charge in [0.05, 0.1) is 31.6 Å². The lowest BCUT2D eigenvalue weighted by Crippen LogP contribution is -2.34. The summed E-state index contributed by atoms with van der Waals surface area (Å²) in [5.74, 6) is -0.280. The molecule has 1 heterocycles. The zero-order valence-corrected chi connectivity index (χ0v) is 17.3. The molecule has 6 nitrogen and oxygen atoms in total. The molecule has 0 saturated heterocycles. The van der Waals surface area contributed by atoms with E-state index in [4.69, 9.17) is 21.1 Å². The molecule has 1 N–H and O–H groups in total. The van der Waals surface area contributed by atoms with Crippen LogP contribution < -0.4 is 4.74 Å². The SMILES string of the molecule is COc1cccc(-c2cc(COC(C)(C)C(=O)O)nn2Cc2ccc(Cl)cc2)c1. The van der Waals surface area contributed by atoms with Gasteiger partial charge in [-0.25, -0.2) is 4.79 Å². The van der Waals surface area contributed by atoms with E-state index in [0.29, 0.717) is 17.3 Å². The number of carbonyl (C=O) groups is 1. The minimum atomic E-state index is -1.30. The monoisotopic (exact) mass is 414 g/mol. The van der Waals surface area contributed by atoms with Crippen molar-refractivity contribution in [2.45, 2.75) is 32.6 Å². The minimum Gasteiger partial charge on any atom is -0.497 e. The molecule has 0 bridgehead atoms. The molecule has 0 amide bonds. The number of carboxylic acids is 1. The highest BCUT2D eigenvalue weighted by Crippen LogP contribution is 2.26. The summed E-state index contributed by atoms with van der Waals surface area (Å²) in [5.41, 5.74) is 2.21. The van der Waals surface area contributed by atoms with Crippen LogP contribution in [-0.2, 0) is 22.7 Å². The third-order valence-electron chi connectivity index (χ3n) is 4.54. The van der Waals surface area contributed by atoms with Crippen LogP contribution in [0.15, 0.2) is 54.6 Å². The number of ether oxygens (including phenoxy) is 2. The number of rotatable bonds is 8. The number of carboxylic acid groups (broad SMARTS) is 1. The van der Waals surface area contributed by atoms with Crippen LogP contribution in [0.2, 0.25) is 5.02 Å². The van der Waals surface area contributed by atoms with Crippen LogP contribution in [0.4, 0.5) is 0 Å². The number of methoxy groups -OCH3 is 1. The normalized spacial score (nSPS) is 11.4. The Hall–Kier alpha value is -2.83. The zero-order valence-electron chi connectivity index (χ0n) is 16.6. The van der Waals surface area contributed by atoms with E-state index in [9.17, 15) is 9.90 Å². The molecular formula is C22H23ClN2O4. The summed E-state index contributed by atoms with van der Waals surface area (Å²) in [6, 6.07) is 17.2. The second kappa shape index (κ2) is 8.68. The van der Waals surface area contributed by atoms with Crippen LogP contribution in [0, 0.1) is 0 Å². The van der Waals surface area contributed by atoms with Gasteiger partial charge < -0.3 is 14.6 Å². The number of hydrogen-bond donors (Lipinski definition) is 1. The van der Waals surface area contributed by atoms with E-state index in [2.05, 4.69) is 5.10 Å². The predicted molar refractivity (Wildman–Crippen MR) is 111 cm³/mol. The van der Waals surface area contributed by atoms with Gasteiger partial charge in [0.2, 0.25) is 0 Å². The van der Waals surface area contributed by atoms with Crippen molar-refractivity contribution in [1.29, 1.82) is 0 Å². The molecule has 0 aliphatic carbocycles. The zero-order chi connectivity index (χ0) is 21.0. The molecule has 0 unspecified atom stereocenters. The molecule has 0 saturated carbocycles. The van der Waals surface area contributed by atoms with Gasteiger partial charge in [-0.1, -0.05) is 35.9 Å². The van der Waals surface area contributed by atoms with Gasteiger partial charge in [0.25, 0.3) is 0 Å². The molecule has 2 aromatic carbocycles. The number of benzene rings is 2. The molecule has 0 spiro atoms. The second-order valence-corrected chi connectivity index (χ2v) is 7.58. The Morgan fingerprint density at radius 3 is 2.55 bits per heavy atom. The minimum absolute atomic E-state index is 0.0872. The fourth-order valence-electron chi connectivity index (χ4n) is 2.75. The quantitative estimate of drug-likeness (QED) is 0.581. The molecule has 7 heteroatoms. The lowest BCUT2D eigenvalue weighted by Gasteiger charge is -2.19. The third-order valence-corrected chi connectivity index (χ3v) is 4.79. The van der Waals surface area contributed by atoms with Crippen molar-refractivity contribution in [3.05, 3.63) is 70.9 Å². The number of aromatic nitrogens is 2. The topological polar surface area (TPSA) is 73.6 Å². The molecule has 0 atom stereocenters. The average molecular weight is 415 g/mol. The second-order valence-electron chi connectivity index (χ2n) is 7.14. The van der Waals surface area contributed by atoms with E-state index in [1.807, 2.05) is 59.3 Å². The van der Waals surface area contributed by atoms with Gasteiger partial charge in [-0.15, -0.1) is 0 Å². The summed E-state index contributed by atoms with van der Waals surface area (Å²) in [6.07, 6.45) is 0. The standard InChI is InChI=1S/C22H23ClN2O4/c1-22(2,21(26)27)29-14-18-12-20(16-5-4-6-19(11-16)28-3)25(24-18)13-15-7-9-17(23)10-8-15/h4-12H,13-14H2,1-3H3,(H,26,27). The molecule has 29 heavy (non-hydrogen) atoms. The van der Waals surface area contributed by atoms with Crippen LogP contribution in [0.5, 0.6) is 5.75 Å². The van der Waals surface area contributed by atoms with Crippen molar-refractivity contribution in [2.75, 3.05) is 7.11 Å². The van der Waals surface area contributed by atoms with E-state index in [-0.39, 0.29) is 6.61 Å². The molecule has 1 aromatic heterocycles. The largest absolute Gasteiger partial charge is 0.497 e. The van der Waals surface area contributed by atoms with Gasteiger partial charge in [0, 0.05) is 10.6 Å². The van der Waals surface area contributed by atoms with E-state index < -0.39 is 11.6 Å². The van der Waals surface area contributed by atoms with Crippen molar-refractivity contribution in [3.63, 3.8) is 0 Å². The summed E-state index contributed by atoms with van der Waals surface area (Å²) in [5, 5.41) is 14.6. The smallest absolute Gasteiger partial charge is 0.335 e. The van der Waals surface area contributed by atoms with E-state index in [1.165, 1.54) is 13.8 Å². The molecule has 0 aliphatic rings. The number of nitrogens with zero attached hydrogens (tertiary/aromatic N) is 2. The summed E-state index contributed by atoms with van der Waals surface area (Å²) in [7, 11) is 1.62. The Balaban J connectivity index is 1.94. The maximum absolute atomic E-state index is 11.3. The van der Waals surface area contributed by atoms with E-state index in [1.54, 1.807) is 7.11 Å². The molecule has 3 aromatic rings. The van der Waals surface area contributed by atoms with Gasteiger partial charge in [0.1, 0.15) is 5.75 Å². The summed E-state index contributed by atoms with van der Waals surface area (Å²) >= 11 is 5.99. The third kappa shape index (κ3) is 5.16. The lowest BCUT2D eigenvalue weighted by molar-refractivity contribution is -0.162. The Morgan fingerprint density at radius 2 is 1.90 bits per heavy atom. The summed E-state index contributed by atoms with van der Waals surface area (Å²) in [4.78, 5) is 11.3. The Labute approximate surface area is 174 Å². The molecule has 3 rings (SSSR count). The first-order chi connectivity index (χ1) is 13.8. The summed E-state index contributed by atoms with van der Waals surface area (Å²) < 4.78 is 12.8. The Morgan fingerprint density at radius 1 is 1.17 bits per heavy atom.